The van der Waals surface area contributed by atoms with E-state index in [9.17, 15) is 4.79 Å². The van der Waals surface area contributed by atoms with Gasteiger partial charge >= 0.3 is 5.97 Å². The third-order valence-corrected chi connectivity index (χ3v) is 2.61. The number of nitrogens with zero attached hydrogens (tertiary/aromatic N) is 1. The summed E-state index contributed by atoms with van der Waals surface area (Å²) in [6.07, 6.45) is 1.68. The molecule has 1 rings (SSSR count). The summed E-state index contributed by atoms with van der Waals surface area (Å²) in [5.41, 5.74) is 7.27. The highest BCUT2D eigenvalue weighted by Gasteiger charge is 2.17. The van der Waals surface area contributed by atoms with Gasteiger partial charge in [0.05, 0.1) is 6.42 Å². The smallest absolute Gasteiger partial charge is 0.304 e. The molecule has 0 spiro atoms. The molecule has 0 aromatic carbocycles. The average Bonchev–Trinajstić information content (AvgIpc) is 2.14. The molecule has 1 aromatic heterocycles. The molecule has 4 nitrogen and oxygen atoms in total. The molecule has 3 N–H and O–H groups in total. The molecule has 5 heteroatoms. The highest BCUT2D eigenvalue weighted by molar-refractivity contribution is 9.10. The first-order valence-electron chi connectivity index (χ1n) is 4.58. The van der Waals surface area contributed by atoms with Crippen molar-refractivity contribution in [2.45, 2.75) is 19.3 Å². The maximum atomic E-state index is 10.6. The maximum absolute atomic E-state index is 10.6. The van der Waals surface area contributed by atoms with Crippen LogP contribution in [-0.4, -0.2) is 22.6 Å². The van der Waals surface area contributed by atoms with E-state index in [1.807, 2.05) is 13.0 Å². The van der Waals surface area contributed by atoms with Gasteiger partial charge < -0.3 is 10.8 Å². The Labute approximate surface area is 96.6 Å². The van der Waals surface area contributed by atoms with E-state index in [0.29, 0.717) is 6.54 Å². The molecule has 0 aliphatic rings. The molecule has 0 aliphatic heterocycles. The van der Waals surface area contributed by atoms with Crippen LogP contribution in [0.5, 0.6) is 0 Å². The first kappa shape index (κ1) is 12.1. The number of hydrogen-bond acceptors (Lipinski definition) is 3. The van der Waals surface area contributed by atoms with Crippen LogP contribution in [0.2, 0.25) is 0 Å². The standard InChI is InChI=1S/C10H13BrN2O2/c1-6-2-8(11)5-13-10(6)7(4-12)3-9(14)15/h2,5,7H,3-4,12H2,1H3,(H,14,15). The van der Waals surface area contributed by atoms with Crippen LogP contribution in [0.25, 0.3) is 0 Å². The van der Waals surface area contributed by atoms with Gasteiger partial charge in [-0.05, 0) is 34.5 Å². The van der Waals surface area contributed by atoms with Gasteiger partial charge in [0, 0.05) is 28.8 Å². The molecule has 0 radical (unpaired) electrons. The van der Waals surface area contributed by atoms with E-state index in [1.54, 1.807) is 6.20 Å². The fourth-order valence-electron chi connectivity index (χ4n) is 1.48. The van der Waals surface area contributed by atoms with Gasteiger partial charge in [-0.2, -0.15) is 0 Å². The SMILES string of the molecule is Cc1cc(Br)cnc1C(CN)CC(=O)O. The van der Waals surface area contributed by atoms with Crippen molar-refractivity contribution in [2.75, 3.05) is 6.54 Å². The maximum Gasteiger partial charge on any atom is 0.304 e. The number of aromatic nitrogens is 1. The number of carboxylic acids is 1. The second kappa shape index (κ2) is 5.23. The summed E-state index contributed by atoms with van der Waals surface area (Å²) < 4.78 is 0.884. The summed E-state index contributed by atoms with van der Waals surface area (Å²) in [5, 5.41) is 8.73. The zero-order chi connectivity index (χ0) is 11.4. The number of carboxylic acid groups (broad SMARTS) is 1. The lowest BCUT2D eigenvalue weighted by Gasteiger charge is -2.14. The van der Waals surface area contributed by atoms with Crippen molar-refractivity contribution in [3.8, 4) is 0 Å². The minimum absolute atomic E-state index is 0.0198. The fourth-order valence-corrected chi connectivity index (χ4v) is 1.93. The lowest BCUT2D eigenvalue weighted by molar-refractivity contribution is -0.137. The van der Waals surface area contributed by atoms with Crippen LogP contribution < -0.4 is 5.73 Å². The Morgan fingerprint density at radius 1 is 1.73 bits per heavy atom. The van der Waals surface area contributed by atoms with Crippen LogP contribution in [0.4, 0.5) is 0 Å². The van der Waals surface area contributed by atoms with E-state index in [1.165, 1.54) is 0 Å². The van der Waals surface area contributed by atoms with Crippen LogP contribution in [0.15, 0.2) is 16.7 Å². The van der Waals surface area contributed by atoms with E-state index < -0.39 is 5.97 Å². The van der Waals surface area contributed by atoms with Crippen LogP contribution in [-0.2, 0) is 4.79 Å². The minimum Gasteiger partial charge on any atom is -0.481 e. The van der Waals surface area contributed by atoms with Gasteiger partial charge in [-0.25, -0.2) is 0 Å². The Bertz CT molecular complexity index is 368. The van der Waals surface area contributed by atoms with Crippen molar-refractivity contribution in [2.24, 2.45) is 5.73 Å². The molecule has 82 valence electrons. The highest BCUT2D eigenvalue weighted by atomic mass is 79.9. The molecular formula is C10H13BrN2O2. The van der Waals surface area contributed by atoms with Crippen molar-refractivity contribution in [3.63, 3.8) is 0 Å². The molecule has 0 fully saturated rings. The van der Waals surface area contributed by atoms with Crippen LogP contribution in [0, 0.1) is 6.92 Å². The van der Waals surface area contributed by atoms with Gasteiger partial charge in [-0.1, -0.05) is 0 Å². The summed E-state index contributed by atoms with van der Waals surface area (Å²) in [6.45, 7) is 2.19. The quantitative estimate of drug-likeness (QED) is 0.874. The molecule has 0 aliphatic carbocycles. The third kappa shape index (κ3) is 3.28. The van der Waals surface area contributed by atoms with E-state index in [-0.39, 0.29) is 12.3 Å². The summed E-state index contributed by atoms with van der Waals surface area (Å²) in [6, 6.07) is 1.91. The molecule has 0 bridgehead atoms. The van der Waals surface area contributed by atoms with Crippen molar-refractivity contribution < 1.29 is 9.90 Å². The first-order valence-corrected chi connectivity index (χ1v) is 5.37. The number of pyridine rings is 1. The van der Waals surface area contributed by atoms with E-state index in [2.05, 4.69) is 20.9 Å². The zero-order valence-electron chi connectivity index (χ0n) is 8.40. The van der Waals surface area contributed by atoms with Gasteiger partial charge in [0.2, 0.25) is 0 Å². The van der Waals surface area contributed by atoms with Crippen molar-refractivity contribution >= 4 is 21.9 Å². The van der Waals surface area contributed by atoms with E-state index in [0.717, 1.165) is 15.7 Å². The zero-order valence-corrected chi connectivity index (χ0v) is 9.99. The summed E-state index contributed by atoms with van der Waals surface area (Å²) in [5.74, 6) is -1.06. The Morgan fingerprint density at radius 2 is 2.40 bits per heavy atom. The Kier molecular flexibility index (Phi) is 4.23. The van der Waals surface area contributed by atoms with Gasteiger partial charge in [0.1, 0.15) is 0 Å². The molecule has 0 saturated carbocycles. The largest absolute Gasteiger partial charge is 0.481 e. The molecule has 1 heterocycles. The van der Waals surface area contributed by atoms with Gasteiger partial charge in [0.25, 0.3) is 0 Å². The summed E-state index contributed by atoms with van der Waals surface area (Å²) in [7, 11) is 0. The van der Waals surface area contributed by atoms with Crippen molar-refractivity contribution in [1.29, 1.82) is 0 Å². The van der Waals surface area contributed by atoms with Crippen LogP contribution in [0.1, 0.15) is 23.6 Å². The molecular weight excluding hydrogens is 260 g/mol. The number of halogens is 1. The number of aliphatic carboxylic acids is 1. The molecule has 1 unspecified atom stereocenters. The second-order valence-electron chi connectivity index (χ2n) is 3.39. The van der Waals surface area contributed by atoms with Gasteiger partial charge in [-0.15, -0.1) is 0 Å². The minimum atomic E-state index is -0.852. The van der Waals surface area contributed by atoms with E-state index >= 15 is 0 Å². The predicted octanol–water partition coefficient (Wildman–Crippen LogP) is 1.67. The highest BCUT2D eigenvalue weighted by Crippen LogP contribution is 2.22. The van der Waals surface area contributed by atoms with Gasteiger partial charge in [-0.3, -0.25) is 9.78 Å². The topological polar surface area (TPSA) is 76.2 Å². The number of rotatable bonds is 4. The Morgan fingerprint density at radius 3 is 2.87 bits per heavy atom. The van der Waals surface area contributed by atoms with Crippen LogP contribution >= 0.6 is 15.9 Å². The number of hydrogen-bond donors (Lipinski definition) is 2. The Balaban J connectivity index is 2.96. The fraction of sp³-hybridized carbons (Fsp3) is 0.400. The predicted molar refractivity (Wildman–Crippen MR) is 60.7 cm³/mol. The molecule has 1 aromatic rings. The molecule has 0 saturated heterocycles. The Hall–Kier alpha value is -0.940. The van der Waals surface area contributed by atoms with Crippen molar-refractivity contribution in [1.82, 2.24) is 4.98 Å². The number of aryl methyl sites for hydroxylation is 1. The third-order valence-electron chi connectivity index (χ3n) is 2.18. The number of nitrogens with two attached hydrogens (primary N) is 1. The molecule has 0 amide bonds. The second-order valence-corrected chi connectivity index (χ2v) is 4.30. The number of carbonyl (C=O) groups is 1. The summed E-state index contributed by atoms with van der Waals surface area (Å²) in [4.78, 5) is 14.8. The van der Waals surface area contributed by atoms with Gasteiger partial charge in [0.15, 0.2) is 0 Å². The molecule has 1 atom stereocenters. The van der Waals surface area contributed by atoms with Crippen LogP contribution in [0.3, 0.4) is 0 Å². The average molecular weight is 273 g/mol. The normalized spacial score (nSPS) is 12.5. The monoisotopic (exact) mass is 272 g/mol. The summed E-state index contributed by atoms with van der Waals surface area (Å²) >= 11 is 3.31. The van der Waals surface area contributed by atoms with E-state index in [4.69, 9.17) is 10.8 Å². The molecule has 15 heavy (non-hydrogen) atoms. The lowest BCUT2D eigenvalue weighted by atomic mass is 9.97. The van der Waals surface area contributed by atoms with Crippen molar-refractivity contribution in [3.05, 3.63) is 28.0 Å². The lowest BCUT2D eigenvalue weighted by Crippen LogP contribution is -2.18. The first-order chi connectivity index (χ1) is 7.04.